The smallest absolute Gasteiger partial charge is 0.219 e. The van der Waals surface area contributed by atoms with Gasteiger partial charge in [0.1, 0.15) is 11.9 Å². The van der Waals surface area contributed by atoms with Gasteiger partial charge in [0.15, 0.2) is 0 Å². The summed E-state index contributed by atoms with van der Waals surface area (Å²) in [6, 6.07) is 2.32. The minimum Gasteiger partial charge on any atom is -0.490 e. The van der Waals surface area contributed by atoms with Crippen molar-refractivity contribution in [2.75, 3.05) is 0 Å². The second-order valence-electron chi connectivity index (χ2n) is 6.50. The molecule has 1 aromatic carbocycles. The average molecular weight is 315 g/mol. The van der Waals surface area contributed by atoms with Crippen LogP contribution in [0.15, 0.2) is 12.3 Å². The Bertz CT molecular complexity index is 708. The van der Waals surface area contributed by atoms with E-state index in [0.717, 1.165) is 53.5 Å². The van der Waals surface area contributed by atoms with Crippen LogP contribution in [0.4, 0.5) is 0 Å². The van der Waals surface area contributed by atoms with Crippen LogP contribution in [0.5, 0.6) is 5.75 Å². The van der Waals surface area contributed by atoms with Crippen LogP contribution in [0.3, 0.4) is 0 Å². The van der Waals surface area contributed by atoms with Crippen molar-refractivity contribution in [2.45, 2.75) is 65.0 Å². The van der Waals surface area contributed by atoms with Crippen molar-refractivity contribution in [3.05, 3.63) is 23.4 Å². The molecule has 2 N–H and O–H groups in total. The highest BCUT2D eigenvalue weighted by Crippen LogP contribution is 2.32. The molecule has 2 aromatic rings. The number of aryl methyl sites for hydroxylation is 2. The molecule has 1 amide bonds. The lowest BCUT2D eigenvalue weighted by molar-refractivity contribution is -0.121. The Morgan fingerprint density at radius 2 is 2.26 bits per heavy atom. The molecule has 0 unspecified atom stereocenters. The summed E-state index contributed by atoms with van der Waals surface area (Å²) in [6.45, 7) is 6.03. The number of hydrogen-bond donors (Lipinski definition) is 2. The number of ether oxygens (including phenoxy) is 1. The molecule has 0 aliphatic heterocycles. The second-order valence-corrected chi connectivity index (χ2v) is 6.50. The highest BCUT2D eigenvalue weighted by molar-refractivity contribution is 5.86. The summed E-state index contributed by atoms with van der Waals surface area (Å²) in [5.74, 6) is 1.06. The van der Waals surface area contributed by atoms with Gasteiger partial charge in [-0.05, 0) is 44.7 Å². The van der Waals surface area contributed by atoms with Crippen LogP contribution in [0.1, 0.15) is 50.2 Å². The first-order valence-electron chi connectivity index (χ1n) is 8.47. The fraction of sp³-hybridized carbons (Fsp3) is 0.556. The SMILES string of the molecule is CCC(=O)N[C@H]1CCC[C@@H](Oc2cc(C)c3[nH]ncc3c2C)C1. The number of benzene rings is 1. The lowest BCUT2D eigenvalue weighted by atomic mass is 9.92. The van der Waals surface area contributed by atoms with Crippen molar-refractivity contribution in [3.8, 4) is 5.75 Å². The quantitative estimate of drug-likeness (QED) is 0.908. The van der Waals surface area contributed by atoms with Crippen LogP contribution in [0.2, 0.25) is 0 Å². The molecule has 1 aliphatic rings. The van der Waals surface area contributed by atoms with Crippen molar-refractivity contribution in [1.29, 1.82) is 0 Å². The number of amides is 1. The van der Waals surface area contributed by atoms with Crippen LogP contribution in [-0.4, -0.2) is 28.3 Å². The largest absolute Gasteiger partial charge is 0.490 e. The Hall–Kier alpha value is -2.04. The maximum Gasteiger partial charge on any atom is 0.219 e. The number of aromatic amines is 1. The minimum absolute atomic E-state index is 0.127. The van der Waals surface area contributed by atoms with Crippen LogP contribution < -0.4 is 10.1 Å². The van der Waals surface area contributed by atoms with E-state index in [1.165, 1.54) is 0 Å². The summed E-state index contributed by atoms with van der Waals surface area (Å²) in [7, 11) is 0. The van der Waals surface area contributed by atoms with Gasteiger partial charge in [0.25, 0.3) is 0 Å². The van der Waals surface area contributed by atoms with Gasteiger partial charge in [-0.25, -0.2) is 0 Å². The number of carbonyl (C=O) groups is 1. The Morgan fingerprint density at radius 1 is 1.43 bits per heavy atom. The van der Waals surface area contributed by atoms with Crippen LogP contribution in [0.25, 0.3) is 10.9 Å². The Morgan fingerprint density at radius 3 is 3.04 bits per heavy atom. The fourth-order valence-corrected chi connectivity index (χ4v) is 3.40. The van der Waals surface area contributed by atoms with Crippen LogP contribution >= 0.6 is 0 Å². The molecule has 0 radical (unpaired) electrons. The van der Waals surface area contributed by atoms with E-state index in [-0.39, 0.29) is 18.1 Å². The van der Waals surface area contributed by atoms with Gasteiger partial charge in [-0.15, -0.1) is 0 Å². The maximum atomic E-state index is 11.6. The molecule has 5 heteroatoms. The number of carbonyl (C=O) groups excluding carboxylic acids is 1. The molecule has 1 aromatic heterocycles. The summed E-state index contributed by atoms with van der Waals surface area (Å²) in [5, 5.41) is 11.4. The normalized spacial score (nSPS) is 21.3. The number of rotatable bonds is 4. The molecule has 0 bridgehead atoms. The summed E-state index contributed by atoms with van der Waals surface area (Å²) >= 11 is 0. The molecule has 0 spiro atoms. The molecule has 1 heterocycles. The molecule has 5 nitrogen and oxygen atoms in total. The van der Waals surface area contributed by atoms with E-state index in [4.69, 9.17) is 4.74 Å². The zero-order valence-electron chi connectivity index (χ0n) is 14.1. The predicted molar refractivity (Wildman–Crippen MR) is 90.7 cm³/mol. The zero-order valence-corrected chi connectivity index (χ0v) is 14.1. The number of hydrogen-bond acceptors (Lipinski definition) is 3. The summed E-state index contributed by atoms with van der Waals surface area (Å²) in [6.07, 6.45) is 6.62. The van der Waals surface area contributed by atoms with E-state index >= 15 is 0 Å². The van der Waals surface area contributed by atoms with Gasteiger partial charge in [0.05, 0.1) is 11.7 Å². The van der Waals surface area contributed by atoms with Gasteiger partial charge in [-0.2, -0.15) is 5.10 Å². The molecule has 0 saturated heterocycles. The highest BCUT2D eigenvalue weighted by Gasteiger charge is 2.25. The molecule has 1 fully saturated rings. The number of H-pyrrole nitrogens is 1. The number of nitrogens with zero attached hydrogens (tertiary/aromatic N) is 1. The van der Waals surface area contributed by atoms with E-state index in [9.17, 15) is 4.79 Å². The van der Waals surface area contributed by atoms with Gasteiger partial charge >= 0.3 is 0 Å². The molecular formula is C18H25N3O2. The van der Waals surface area contributed by atoms with Crippen molar-refractivity contribution in [2.24, 2.45) is 0 Å². The van der Waals surface area contributed by atoms with E-state index in [1.807, 2.05) is 13.1 Å². The number of fused-ring (bicyclic) bond motifs is 1. The highest BCUT2D eigenvalue weighted by atomic mass is 16.5. The molecular weight excluding hydrogens is 290 g/mol. The Labute approximate surface area is 136 Å². The second kappa shape index (κ2) is 6.60. The van der Waals surface area contributed by atoms with Gasteiger partial charge < -0.3 is 10.1 Å². The summed E-state index contributed by atoms with van der Waals surface area (Å²) in [4.78, 5) is 11.6. The van der Waals surface area contributed by atoms with Gasteiger partial charge in [0.2, 0.25) is 5.91 Å². The van der Waals surface area contributed by atoms with Crippen LogP contribution in [0, 0.1) is 13.8 Å². The topological polar surface area (TPSA) is 67.0 Å². The van der Waals surface area contributed by atoms with Crippen molar-refractivity contribution >= 4 is 16.8 Å². The first-order valence-corrected chi connectivity index (χ1v) is 8.47. The van der Waals surface area contributed by atoms with E-state index < -0.39 is 0 Å². The standard InChI is InChI=1S/C18H25N3O2/c1-4-17(22)20-13-6-5-7-14(9-13)23-16-8-11(2)18-15(12(16)3)10-19-21-18/h8,10,13-14H,4-7,9H2,1-3H3,(H,19,21)(H,20,22)/t13-,14+/m0/s1. The first-order chi connectivity index (χ1) is 11.1. The minimum atomic E-state index is 0.127. The van der Waals surface area contributed by atoms with Crippen molar-refractivity contribution < 1.29 is 9.53 Å². The molecule has 3 rings (SSSR count). The van der Waals surface area contributed by atoms with Crippen molar-refractivity contribution in [1.82, 2.24) is 15.5 Å². The Balaban J connectivity index is 1.74. The fourth-order valence-electron chi connectivity index (χ4n) is 3.40. The van der Waals surface area contributed by atoms with Crippen molar-refractivity contribution in [3.63, 3.8) is 0 Å². The first kappa shape index (κ1) is 15.8. The third-order valence-corrected chi connectivity index (χ3v) is 4.76. The lowest BCUT2D eigenvalue weighted by Crippen LogP contribution is -2.41. The summed E-state index contributed by atoms with van der Waals surface area (Å²) < 4.78 is 6.30. The van der Waals surface area contributed by atoms with E-state index in [0.29, 0.717) is 6.42 Å². The van der Waals surface area contributed by atoms with E-state index in [1.54, 1.807) is 0 Å². The lowest BCUT2D eigenvalue weighted by Gasteiger charge is -2.30. The van der Waals surface area contributed by atoms with Crippen LogP contribution in [-0.2, 0) is 4.79 Å². The molecule has 23 heavy (non-hydrogen) atoms. The van der Waals surface area contributed by atoms with Gasteiger partial charge in [-0.3, -0.25) is 9.89 Å². The molecule has 124 valence electrons. The molecule has 1 saturated carbocycles. The third kappa shape index (κ3) is 3.33. The number of aromatic nitrogens is 2. The van der Waals surface area contributed by atoms with Gasteiger partial charge in [0, 0.05) is 29.8 Å². The van der Waals surface area contributed by atoms with E-state index in [2.05, 4.69) is 35.4 Å². The van der Waals surface area contributed by atoms with Gasteiger partial charge in [-0.1, -0.05) is 6.92 Å². The monoisotopic (exact) mass is 315 g/mol. The predicted octanol–water partition coefficient (Wildman–Crippen LogP) is 3.40. The Kier molecular flexibility index (Phi) is 4.55. The maximum absolute atomic E-state index is 11.6. The zero-order chi connectivity index (χ0) is 16.4. The summed E-state index contributed by atoms with van der Waals surface area (Å²) in [5.41, 5.74) is 3.34. The average Bonchev–Trinajstić information content (AvgIpc) is 3.03. The molecule has 2 atom stereocenters. The molecule has 1 aliphatic carbocycles. The number of nitrogens with one attached hydrogen (secondary N) is 2. The third-order valence-electron chi connectivity index (χ3n) is 4.76.